The van der Waals surface area contributed by atoms with Crippen molar-refractivity contribution in [1.82, 2.24) is 0 Å². The van der Waals surface area contributed by atoms with Gasteiger partial charge in [0.15, 0.2) is 0 Å². The maximum atomic E-state index is 10.8. The van der Waals surface area contributed by atoms with Crippen LogP contribution in [0.4, 0.5) is 10.5 Å². The largest absolute Gasteiger partial charge is 0.496 e. The number of amides is 1. The van der Waals surface area contributed by atoms with Crippen molar-refractivity contribution >= 4 is 11.8 Å². The average molecular weight is 243 g/mol. The topological polar surface area (TPSA) is 58.6 Å². The number of nitrogens with one attached hydrogen (secondary N) is 1. The first-order valence-electron chi connectivity index (χ1n) is 5.44. The van der Waals surface area contributed by atoms with Crippen LogP contribution in [0, 0.1) is 0 Å². The van der Waals surface area contributed by atoms with Gasteiger partial charge in [-0.2, -0.15) is 0 Å². The van der Waals surface area contributed by atoms with Crippen LogP contribution in [0.1, 0.15) is 0 Å². The van der Waals surface area contributed by atoms with E-state index in [1.165, 1.54) is 0 Å². The second-order valence-corrected chi connectivity index (χ2v) is 3.68. The second kappa shape index (κ2) is 5.23. The predicted molar refractivity (Wildman–Crippen MR) is 70.1 cm³/mol. The predicted octanol–water partition coefficient (Wildman–Crippen LogP) is 3.45. The molecule has 0 aliphatic rings. The molecule has 0 saturated heterocycles. The van der Waals surface area contributed by atoms with E-state index in [-0.39, 0.29) is 0 Å². The molecule has 0 spiro atoms. The van der Waals surface area contributed by atoms with Crippen LogP contribution in [0.3, 0.4) is 0 Å². The number of carbonyl (C=O) groups is 1. The molecule has 4 nitrogen and oxygen atoms in total. The Bertz CT molecular complexity index is 566. The van der Waals surface area contributed by atoms with Crippen molar-refractivity contribution in [2.24, 2.45) is 0 Å². The number of ether oxygens (including phenoxy) is 1. The lowest BCUT2D eigenvalue weighted by atomic mass is 10.0. The minimum atomic E-state index is -1.09. The molecule has 0 aliphatic heterocycles. The number of anilines is 1. The molecule has 2 rings (SSSR count). The second-order valence-electron chi connectivity index (χ2n) is 3.68. The Morgan fingerprint density at radius 3 is 2.33 bits per heavy atom. The van der Waals surface area contributed by atoms with E-state index in [1.54, 1.807) is 19.2 Å². The monoisotopic (exact) mass is 243 g/mol. The molecule has 18 heavy (non-hydrogen) atoms. The highest BCUT2D eigenvalue weighted by Gasteiger charge is 2.10. The van der Waals surface area contributed by atoms with Crippen molar-refractivity contribution in [2.45, 2.75) is 0 Å². The molecule has 0 saturated carbocycles. The van der Waals surface area contributed by atoms with Crippen molar-refractivity contribution in [3.05, 3.63) is 48.5 Å². The van der Waals surface area contributed by atoms with Gasteiger partial charge in [0.1, 0.15) is 5.75 Å². The number of para-hydroxylation sites is 2. The first-order chi connectivity index (χ1) is 8.72. The van der Waals surface area contributed by atoms with Gasteiger partial charge in [0.25, 0.3) is 0 Å². The van der Waals surface area contributed by atoms with E-state index < -0.39 is 6.09 Å². The molecule has 0 heterocycles. The quantitative estimate of drug-likeness (QED) is 0.868. The van der Waals surface area contributed by atoms with Gasteiger partial charge in [-0.15, -0.1) is 0 Å². The van der Waals surface area contributed by atoms with Crippen LogP contribution in [0.25, 0.3) is 11.1 Å². The zero-order chi connectivity index (χ0) is 13.0. The molecule has 2 N–H and O–H groups in total. The summed E-state index contributed by atoms with van der Waals surface area (Å²) in [6.07, 6.45) is -1.09. The summed E-state index contributed by atoms with van der Waals surface area (Å²) in [6.45, 7) is 0. The van der Waals surface area contributed by atoms with Gasteiger partial charge >= 0.3 is 6.09 Å². The van der Waals surface area contributed by atoms with E-state index in [1.807, 2.05) is 36.4 Å². The third-order valence-electron chi connectivity index (χ3n) is 2.57. The van der Waals surface area contributed by atoms with E-state index in [0.717, 1.165) is 11.1 Å². The smallest absolute Gasteiger partial charge is 0.409 e. The molecule has 0 bridgehead atoms. The molecule has 2 aromatic carbocycles. The van der Waals surface area contributed by atoms with Gasteiger partial charge in [0.2, 0.25) is 0 Å². The molecule has 1 amide bonds. The van der Waals surface area contributed by atoms with Crippen molar-refractivity contribution in [3.63, 3.8) is 0 Å². The lowest BCUT2D eigenvalue weighted by Gasteiger charge is -2.12. The molecule has 0 unspecified atom stereocenters. The summed E-state index contributed by atoms with van der Waals surface area (Å²) in [5.41, 5.74) is 2.18. The van der Waals surface area contributed by atoms with E-state index in [2.05, 4.69) is 5.32 Å². The van der Waals surface area contributed by atoms with Gasteiger partial charge in [-0.25, -0.2) is 4.79 Å². The molecule has 92 valence electrons. The molecule has 0 radical (unpaired) electrons. The maximum Gasteiger partial charge on any atom is 0.409 e. The van der Waals surface area contributed by atoms with Crippen LogP contribution in [-0.2, 0) is 0 Å². The van der Waals surface area contributed by atoms with Gasteiger partial charge in [-0.1, -0.05) is 36.4 Å². The van der Waals surface area contributed by atoms with Crippen LogP contribution in [0.2, 0.25) is 0 Å². The summed E-state index contributed by atoms with van der Waals surface area (Å²) in [6, 6.07) is 14.7. The van der Waals surface area contributed by atoms with Gasteiger partial charge in [0, 0.05) is 11.1 Å². The molecular weight excluding hydrogens is 230 g/mol. The molecule has 4 heteroatoms. The van der Waals surface area contributed by atoms with Crippen LogP contribution in [0.5, 0.6) is 5.75 Å². The Balaban J connectivity index is 2.53. The van der Waals surface area contributed by atoms with Gasteiger partial charge < -0.3 is 9.84 Å². The number of hydrogen-bond donors (Lipinski definition) is 2. The van der Waals surface area contributed by atoms with Crippen molar-refractivity contribution in [2.75, 3.05) is 12.4 Å². The number of benzene rings is 2. The fourth-order valence-corrected chi connectivity index (χ4v) is 1.81. The number of hydrogen-bond acceptors (Lipinski definition) is 2. The van der Waals surface area contributed by atoms with Gasteiger partial charge in [0.05, 0.1) is 12.8 Å². The normalized spacial score (nSPS) is 9.83. The highest BCUT2D eigenvalue weighted by Crippen LogP contribution is 2.34. The Labute approximate surface area is 105 Å². The number of carboxylic acid groups (broad SMARTS) is 1. The molecular formula is C14H13NO3. The molecule has 0 fully saturated rings. The first-order valence-corrected chi connectivity index (χ1v) is 5.44. The zero-order valence-corrected chi connectivity index (χ0v) is 9.88. The molecule has 0 aliphatic carbocycles. The minimum Gasteiger partial charge on any atom is -0.496 e. The molecule has 0 aromatic heterocycles. The van der Waals surface area contributed by atoms with Crippen molar-refractivity contribution < 1.29 is 14.6 Å². The number of rotatable bonds is 3. The number of methoxy groups -OCH3 is 1. The van der Waals surface area contributed by atoms with E-state index >= 15 is 0 Å². The SMILES string of the molecule is COc1ccccc1-c1ccccc1NC(=O)O. The summed E-state index contributed by atoms with van der Waals surface area (Å²) in [5.74, 6) is 0.706. The highest BCUT2D eigenvalue weighted by molar-refractivity contribution is 5.91. The maximum absolute atomic E-state index is 10.8. The van der Waals surface area contributed by atoms with Crippen LogP contribution in [0.15, 0.2) is 48.5 Å². The Morgan fingerprint density at radius 1 is 1.06 bits per heavy atom. The lowest BCUT2D eigenvalue weighted by Crippen LogP contribution is -2.08. The Hall–Kier alpha value is -2.49. The van der Waals surface area contributed by atoms with Crippen LogP contribution < -0.4 is 10.1 Å². The van der Waals surface area contributed by atoms with E-state index in [9.17, 15) is 4.79 Å². The van der Waals surface area contributed by atoms with Crippen LogP contribution in [-0.4, -0.2) is 18.3 Å². The summed E-state index contributed by atoms with van der Waals surface area (Å²) < 4.78 is 5.28. The van der Waals surface area contributed by atoms with Crippen molar-refractivity contribution in [1.29, 1.82) is 0 Å². The lowest BCUT2D eigenvalue weighted by molar-refractivity contribution is 0.210. The fourth-order valence-electron chi connectivity index (χ4n) is 1.81. The summed E-state index contributed by atoms with van der Waals surface area (Å²) in [7, 11) is 1.59. The van der Waals surface area contributed by atoms with Gasteiger partial charge in [-0.05, 0) is 12.1 Å². The van der Waals surface area contributed by atoms with Gasteiger partial charge in [-0.3, -0.25) is 5.32 Å². The summed E-state index contributed by atoms with van der Waals surface area (Å²) in [4.78, 5) is 10.8. The Kier molecular flexibility index (Phi) is 3.48. The summed E-state index contributed by atoms with van der Waals surface area (Å²) in [5, 5.41) is 11.2. The van der Waals surface area contributed by atoms with E-state index in [0.29, 0.717) is 11.4 Å². The summed E-state index contributed by atoms with van der Waals surface area (Å²) >= 11 is 0. The minimum absolute atomic E-state index is 0.537. The fraction of sp³-hybridized carbons (Fsp3) is 0.0714. The van der Waals surface area contributed by atoms with Crippen LogP contribution >= 0.6 is 0 Å². The van der Waals surface area contributed by atoms with E-state index in [4.69, 9.17) is 9.84 Å². The first kappa shape index (κ1) is 12.0. The molecule has 0 atom stereocenters. The Morgan fingerprint density at radius 2 is 1.67 bits per heavy atom. The third kappa shape index (κ3) is 2.43. The third-order valence-corrected chi connectivity index (χ3v) is 2.57. The molecule has 2 aromatic rings. The highest BCUT2D eigenvalue weighted by atomic mass is 16.5. The average Bonchev–Trinajstić information content (AvgIpc) is 2.39. The van der Waals surface area contributed by atoms with Crippen molar-refractivity contribution in [3.8, 4) is 16.9 Å². The zero-order valence-electron chi connectivity index (χ0n) is 9.88. The standard InChI is InChI=1S/C14H13NO3/c1-18-13-9-5-3-7-11(13)10-6-2-4-8-12(10)15-14(16)17/h2-9,15H,1H3,(H,16,17).